The summed E-state index contributed by atoms with van der Waals surface area (Å²) in [6.07, 6.45) is 4.52. The van der Waals surface area contributed by atoms with Gasteiger partial charge in [0.2, 0.25) is 0 Å². The standard InChI is InChI=1S/C9H18S/c1-8(2)6-5-7-10-9(3)4/h5-6,8-9H,7H2,1-4H3/b6-5+. The normalized spacial score (nSPS) is 12.2. The maximum Gasteiger partial charge on any atom is 0.0116 e. The minimum atomic E-state index is 0.702. The monoisotopic (exact) mass is 158 g/mol. The second kappa shape index (κ2) is 5.84. The molecular weight excluding hydrogens is 140 g/mol. The average Bonchev–Trinajstić information content (AvgIpc) is 1.79. The van der Waals surface area contributed by atoms with Crippen molar-refractivity contribution in [2.45, 2.75) is 32.9 Å². The molecule has 0 unspecified atom stereocenters. The van der Waals surface area contributed by atoms with E-state index >= 15 is 0 Å². The van der Waals surface area contributed by atoms with Crippen LogP contribution in [0.15, 0.2) is 12.2 Å². The van der Waals surface area contributed by atoms with E-state index in [0.717, 1.165) is 11.0 Å². The van der Waals surface area contributed by atoms with Crippen LogP contribution >= 0.6 is 11.8 Å². The Hall–Kier alpha value is 0.0900. The summed E-state index contributed by atoms with van der Waals surface area (Å²) in [5.74, 6) is 1.86. The summed E-state index contributed by atoms with van der Waals surface area (Å²) in [6.45, 7) is 8.87. The molecule has 0 rings (SSSR count). The van der Waals surface area contributed by atoms with E-state index in [1.54, 1.807) is 0 Å². The summed E-state index contributed by atoms with van der Waals surface area (Å²) in [4.78, 5) is 0. The Morgan fingerprint density at radius 2 is 1.80 bits per heavy atom. The summed E-state index contributed by atoms with van der Waals surface area (Å²) in [5, 5.41) is 0.761. The van der Waals surface area contributed by atoms with Gasteiger partial charge in [0, 0.05) is 5.75 Å². The van der Waals surface area contributed by atoms with Crippen LogP contribution in [0.25, 0.3) is 0 Å². The third kappa shape index (κ3) is 8.09. The molecule has 0 radical (unpaired) electrons. The minimum absolute atomic E-state index is 0.702. The van der Waals surface area contributed by atoms with E-state index in [1.165, 1.54) is 0 Å². The van der Waals surface area contributed by atoms with Crippen molar-refractivity contribution in [3.8, 4) is 0 Å². The Labute approximate surface area is 69.1 Å². The second-order valence-electron chi connectivity index (χ2n) is 3.05. The smallest absolute Gasteiger partial charge is 0.0116 e. The van der Waals surface area contributed by atoms with Gasteiger partial charge in [-0.15, -0.1) is 0 Å². The van der Waals surface area contributed by atoms with E-state index in [9.17, 15) is 0 Å². The van der Waals surface area contributed by atoms with Gasteiger partial charge in [-0.25, -0.2) is 0 Å². The van der Waals surface area contributed by atoms with Gasteiger partial charge in [0.1, 0.15) is 0 Å². The van der Waals surface area contributed by atoms with E-state index in [-0.39, 0.29) is 0 Å². The van der Waals surface area contributed by atoms with Crippen molar-refractivity contribution in [3.63, 3.8) is 0 Å². The molecule has 0 aliphatic heterocycles. The molecule has 60 valence electrons. The fourth-order valence-corrected chi connectivity index (χ4v) is 1.18. The Bertz CT molecular complexity index is 92.9. The van der Waals surface area contributed by atoms with Crippen LogP contribution in [0.4, 0.5) is 0 Å². The van der Waals surface area contributed by atoms with Crippen molar-refractivity contribution >= 4 is 11.8 Å². The lowest BCUT2D eigenvalue weighted by molar-refractivity contribution is 0.830. The fraction of sp³-hybridized carbons (Fsp3) is 0.778. The molecule has 0 N–H and O–H groups in total. The maximum atomic E-state index is 2.26. The number of thioether (sulfide) groups is 1. The molecular formula is C9H18S. The molecule has 0 aliphatic carbocycles. The zero-order valence-electron chi connectivity index (χ0n) is 7.42. The number of hydrogen-bond acceptors (Lipinski definition) is 1. The highest BCUT2D eigenvalue weighted by atomic mass is 32.2. The highest BCUT2D eigenvalue weighted by molar-refractivity contribution is 7.99. The molecule has 0 saturated heterocycles. The zero-order chi connectivity index (χ0) is 7.98. The highest BCUT2D eigenvalue weighted by Crippen LogP contribution is 2.09. The zero-order valence-corrected chi connectivity index (χ0v) is 8.24. The Kier molecular flexibility index (Phi) is 5.90. The van der Waals surface area contributed by atoms with Gasteiger partial charge >= 0.3 is 0 Å². The lowest BCUT2D eigenvalue weighted by atomic mass is 10.2. The molecule has 0 nitrogen and oxygen atoms in total. The first-order valence-electron chi connectivity index (χ1n) is 3.91. The summed E-state index contributed by atoms with van der Waals surface area (Å²) in [5.41, 5.74) is 0. The van der Waals surface area contributed by atoms with Gasteiger partial charge in [0.25, 0.3) is 0 Å². The molecule has 10 heavy (non-hydrogen) atoms. The van der Waals surface area contributed by atoms with Crippen molar-refractivity contribution in [2.75, 3.05) is 5.75 Å². The molecule has 0 heterocycles. The first-order chi connectivity index (χ1) is 4.63. The van der Waals surface area contributed by atoms with Crippen molar-refractivity contribution in [2.24, 2.45) is 5.92 Å². The van der Waals surface area contributed by atoms with Crippen molar-refractivity contribution in [3.05, 3.63) is 12.2 Å². The molecule has 0 spiro atoms. The molecule has 0 aromatic carbocycles. The van der Waals surface area contributed by atoms with E-state index in [4.69, 9.17) is 0 Å². The van der Waals surface area contributed by atoms with Gasteiger partial charge in [-0.1, -0.05) is 39.8 Å². The first kappa shape index (κ1) is 10.1. The summed E-state index contributed by atoms with van der Waals surface area (Å²) in [7, 11) is 0. The molecule has 0 aromatic heterocycles. The first-order valence-corrected chi connectivity index (χ1v) is 4.96. The third-order valence-corrected chi connectivity index (χ3v) is 2.10. The molecule has 0 fully saturated rings. The van der Waals surface area contributed by atoms with Crippen LogP contribution in [0.5, 0.6) is 0 Å². The number of allylic oxidation sites excluding steroid dienone is 1. The molecule has 0 saturated carbocycles. The number of rotatable bonds is 4. The Morgan fingerprint density at radius 3 is 2.20 bits per heavy atom. The van der Waals surface area contributed by atoms with E-state index in [1.807, 2.05) is 11.8 Å². The molecule has 0 atom stereocenters. The van der Waals surface area contributed by atoms with E-state index < -0.39 is 0 Å². The topological polar surface area (TPSA) is 0 Å². The largest absolute Gasteiger partial charge is 0.155 e. The third-order valence-electron chi connectivity index (χ3n) is 1.05. The van der Waals surface area contributed by atoms with E-state index in [0.29, 0.717) is 5.92 Å². The highest BCUT2D eigenvalue weighted by Gasteiger charge is 1.89. The maximum absolute atomic E-state index is 2.26. The van der Waals surface area contributed by atoms with Gasteiger partial charge in [-0.3, -0.25) is 0 Å². The van der Waals surface area contributed by atoms with Gasteiger partial charge in [0.15, 0.2) is 0 Å². The predicted octanol–water partition coefficient (Wildman–Crippen LogP) is 3.34. The van der Waals surface area contributed by atoms with Crippen LogP contribution in [0.2, 0.25) is 0 Å². The Balaban J connectivity index is 3.19. The van der Waals surface area contributed by atoms with Gasteiger partial charge in [-0.05, 0) is 11.2 Å². The van der Waals surface area contributed by atoms with Crippen molar-refractivity contribution in [1.29, 1.82) is 0 Å². The Morgan fingerprint density at radius 1 is 1.20 bits per heavy atom. The van der Waals surface area contributed by atoms with Crippen LogP contribution in [-0.4, -0.2) is 11.0 Å². The molecule has 0 aromatic rings. The molecule has 0 bridgehead atoms. The van der Waals surface area contributed by atoms with Gasteiger partial charge < -0.3 is 0 Å². The van der Waals surface area contributed by atoms with Crippen LogP contribution in [0, 0.1) is 5.92 Å². The summed E-state index contributed by atoms with van der Waals surface area (Å²) in [6, 6.07) is 0. The second-order valence-corrected chi connectivity index (χ2v) is 4.66. The molecule has 0 aliphatic rings. The van der Waals surface area contributed by atoms with Crippen LogP contribution in [0.3, 0.4) is 0 Å². The van der Waals surface area contributed by atoms with Crippen LogP contribution in [0.1, 0.15) is 27.7 Å². The minimum Gasteiger partial charge on any atom is -0.155 e. The van der Waals surface area contributed by atoms with Crippen molar-refractivity contribution < 1.29 is 0 Å². The average molecular weight is 158 g/mol. The summed E-state index contributed by atoms with van der Waals surface area (Å²) >= 11 is 1.99. The van der Waals surface area contributed by atoms with Crippen LogP contribution in [-0.2, 0) is 0 Å². The predicted molar refractivity (Wildman–Crippen MR) is 51.6 cm³/mol. The molecule has 1 heteroatoms. The summed E-state index contributed by atoms with van der Waals surface area (Å²) < 4.78 is 0. The lowest BCUT2D eigenvalue weighted by Gasteiger charge is -1.99. The fourth-order valence-electron chi connectivity index (χ4n) is 0.576. The number of hydrogen-bond donors (Lipinski definition) is 0. The van der Waals surface area contributed by atoms with Crippen LogP contribution < -0.4 is 0 Å². The molecule has 0 amide bonds. The van der Waals surface area contributed by atoms with Gasteiger partial charge in [0.05, 0.1) is 0 Å². The SMILES string of the molecule is CC(C)/C=C/CSC(C)C. The van der Waals surface area contributed by atoms with E-state index in [2.05, 4.69) is 39.8 Å². The quantitative estimate of drug-likeness (QED) is 0.565. The van der Waals surface area contributed by atoms with Crippen molar-refractivity contribution in [1.82, 2.24) is 0 Å². The van der Waals surface area contributed by atoms with Gasteiger partial charge in [-0.2, -0.15) is 11.8 Å². The lowest BCUT2D eigenvalue weighted by Crippen LogP contribution is -1.87.